The van der Waals surface area contributed by atoms with Crippen LogP contribution in [0.25, 0.3) is 5.76 Å². The summed E-state index contributed by atoms with van der Waals surface area (Å²) in [4.78, 5) is 40.4. The molecule has 1 aromatic heterocycles. The molecule has 3 aromatic carbocycles. The summed E-state index contributed by atoms with van der Waals surface area (Å²) >= 11 is 2.66. The second kappa shape index (κ2) is 11.4. The summed E-state index contributed by atoms with van der Waals surface area (Å²) in [5.41, 5.74) is 3.16. The van der Waals surface area contributed by atoms with Crippen molar-refractivity contribution >= 4 is 51.6 Å². The molecule has 2 aliphatic heterocycles. The van der Waals surface area contributed by atoms with Crippen LogP contribution in [-0.2, 0) is 26.5 Å². The molecule has 11 heteroatoms. The van der Waals surface area contributed by atoms with Gasteiger partial charge in [-0.3, -0.25) is 14.5 Å². The maximum atomic E-state index is 13.6. The Morgan fingerprint density at radius 3 is 2.55 bits per heavy atom. The molecule has 1 saturated heterocycles. The van der Waals surface area contributed by atoms with Gasteiger partial charge in [0.05, 0.1) is 24.3 Å². The minimum Gasteiger partial charge on any atom is -0.507 e. The zero-order valence-electron chi connectivity index (χ0n) is 22.6. The van der Waals surface area contributed by atoms with E-state index in [0.717, 1.165) is 16.9 Å². The Hall–Kier alpha value is -4.48. The molecule has 3 heterocycles. The SMILES string of the molecule is COC(=O)c1ccc(C2C(=C(O)c3ccc4c(c3)CC(C)O4)C(=O)C(=O)N2c2nnc(SCc3ccccc3)s2)cc1. The Morgan fingerprint density at radius 2 is 1.81 bits per heavy atom. The highest BCUT2D eigenvalue weighted by Gasteiger charge is 2.48. The van der Waals surface area contributed by atoms with Gasteiger partial charge < -0.3 is 14.6 Å². The number of nitrogens with zero attached hydrogens (tertiary/aromatic N) is 3. The van der Waals surface area contributed by atoms with Gasteiger partial charge in [-0.05, 0) is 53.9 Å². The van der Waals surface area contributed by atoms with E-state index in [4.69, 9.17) is 9.47 Å². The lowest BCUT2D eigenvalue weighted by Gasteiger charge is -2.22. The van der Waals surface area contributed by atoms with Crippen molar-refractivity contribution in [1.82, 2.24) is 10.2 Å². The maximum absolute atomic E-state index is 13.6. The Morgan fingerprint density at radius 1 is 1.07 bits per heavy atom. The molecule has 0 aliphatic carbocycles. The van der Waals surface area contributed by atoms with Crippen LogP contribution in [0.1, 0.15) is 45.6 Å². The van der Waals surface area contributed by atoms with Crippen molar-refractivity contribution < 1.29 is 29.0 Å². The zero-order valence-corrected chi connectivity index (χ0v) is 24.3. The molecule has 1 N–H and O–H groups in total. The number of aliphatic hydroxyl groups is 1. The van der Waals surface area contributed by atoms with Gasteiger partial charge in [0, 0.05) is 17.7 Å². The van der Waals surface area contributed by atoms with Crippen LogP contribution in [0.3, 0.4) is 0 Å². The van der Waals surface area contributed by atoms with Crippen molar-refractivity contribution in [1.29, 1.82) is 0 Å². The molecule has 0 radical (unpaired) electrons. The summed E-state index contributed by atoms with van der Waals surface area (Å²) < 4.78 is 11.2. The van der Waals surface area contributed by atoms with Crippen LogP contribution >= 0.6 is 23.1 Å². The first kappa shape index (κ1) is 27.7. The Balaban J connectivity index is 1.40. The highest BCUT2D eigenvalue weighted by molar-refractivity contribution is 8.00. The third kappa shape index (κ3) is 5.17. The fraction of sp³-hybridized carbons (Fsp3) is 0.194. The maximum Gasteiger partial charge on any atom is 0.337 e. The fourth-order valence-electron chi connectivity index (χ4n) is 5.07. The number of carbonyl (C=O) groups is 3. The first-order valence-corrected chi connectivity index (χ1v) is 14.9. The lowest BCUT2D eigenvalue weighted by Crippen LogP contribution is -2.29. The van der Waals surface area contributed by atoms with Crippen molar-refractivity contribution in [3.63, 3.8) is 0 Å². The lowest BCUT2D eigenvalue weighted by molar-refractivity contribution is -0.132. The summed E-state index contributed by atoms with van der Waals surface area (Å²) in [6, 6.07) is 20.5. The number of Topliss-reactive ketones (excluding diaryl/α,β-unsaturated/α-hetero) is 1. The van der Waals surface area contributed by atoms with Gasteiger partial charge in [0.15, 0.2) is 4.34 Å². The predicted octanol–water partition coefficient (Wildman–Crippen LogP) is 5.57. The van der Waals surface area contributed by atoms with Crippen molar-refractivity contribution in [3.05, 3.63) is 106 Å². The van der Waals surface area contributed by atoms with E-state index in [0.29, 0.717) is 33.2 Å². The lowest BCUT2D eigenvalue weighted by atomic mass is 9.94. The summed E-state index contributed by atoms with van der Waals surface area (Å²) in [6.45, 7) is 1.96. The van der Waals surface area contributed by atoms with Gasteiger partial charge in [0.2, 0.25) is 5.13 Å². The quantitative estimate of drug-likeness (QED) is 0.0727. The Labute approximate surface area is 249 Å². The number of ether oxygens (including phenoxy) is 2. The number of rotatable bonds is 7. The van der Waals surface area contributed by atoms with E-state index in [1.54, 1.807) is 42.5 Å². The van der Waals surface area contributed by atoms with Crippen LogP contribution < -0.4 is 9.64 Å². The molecule has 6 rings (SSSR count). The molecule has 2 unspecified atom stereocenters. The number of fused-ring (bicyclic) bond motifs is 1. The van der Waals surface area contributed by atoms with Crippen LogP contribution in [0.2, 0.25) is 0 Å². The van der Waals surface area contributed by atoms with Gasteiger partial charge in [-0.2, -0.15) is 0 Å². The largest absolute Gasteiger partial charge is 0.507 e. The zero-order chi connectivity index (χ0) is 29.4. The standard InChI is InChI=1S/C31H25N3O6S2/c1-17-14-22-15-21(12-13-23(22)40-17)26(35)24-25(19-8-10-20(11-9-19)29(38)39-2)34(28(37)27(24)36)30-32-33-31(42-30)41-16-18-6-4-3-5-7-18/h3-13,15,17,25,35H,14,16H2,1-2H3. The number of thioether (sulfide) groups is 1. The minimum absolute atomic E-state index is 0.00246. The molecular weight excluding hydrogens is 574 g/mol. The molecular formula is C31H25N3O6S2. The van der Waals surface area contributed by atoms with E-state index in [2.05, 4.69) is 10.2 Å². The topological polar surface area (TPSA) is 119 Å². The van der Waals surface area contributed by atoms with E-state index in [9.17, 15) is 19.5 Å². The molecule has 2 aliphatic rings. The molecule has 4 aromatic rings. The molecule has 0 bridgehead atoms. The van der Waals surface area contributed by atoms with Crippen LogP contribution in [0.15, 0.2) is 82.7 Å². The van der Waals surface area contributed by atoms with Crippen LogP contribution in [-0.4, -0.2) is 46.2 Å². The molecule has 9 nitrogen and oxygen atoms in total. The number of anilines is 1. The number of aromatic nitrogens is 2. The number of aliphatic hydroxyl groups excluding tert-OH is 1. The Bertz CT molecular complexity index is 1720. The van der Waals surface area contributed by atoms with Gasteiger partial charge in [-0.15, -0.1) is 10.2 Å². The molecule has 42 heavy (non-hydrogen) atoms. The number of carbonyl (C=O) groups excluding carboxylic acids is 3. The van der Waals surface area contributed by atoms with E-state index < -0.39 is 23.7 Å². The van der Waals surface area contributed by atoms with Crippen molar-refractivity contribution in [3.8, 4) is 5.75 Å². The molecule has 2 atom stereocenters. The van der Waals surface area contributed by atoms with Crippen molar-refractivity contribution in [2.45, 2.75) is 35.6 Å². The number of hydrogen-bond acceptors (Lipinski definition) is 10. The third-order valence-corrected chi connectivity index (χ3v) is 9.20. The second-order valence-electron chi connectivity index (χ2n) is 9.86. The second-order valence-corrected chi connectivity index (χ2v) is 12.0. The van der Waals surface area contributed by atoms with E-state index >= 15 is 0 Å². The number of ketones is 1. The first-order valence-electron chi connectivity index (χ1n) is 13.1. The summed E-state index contributed by atoms with van der Waals surface area (Å²) in [6.07, 6.45) is 0.667. The molecule has 1 amide bonds. The monoisotopic (exact) mass is 599 g/mol. The predicted molar refractivity (Wildman–Crippen MR) is 159 cm³/mol. The normalized spacial score (nSPS) is 19.0. The van der Waals surface area contributed by atoms with E-state index in [-0.39, 0.29) is 22.6 Å². The highest BCUT2D eigenvalue weighted by Crippen LogP contribution is 2.44. The number of benzene rings is 3. The minimum atomic E-state index is -1.000. The van der Waals surface area contributed by atoms with Gasteiger partial charge in [0.1, 0.15) is 17.6 Å². The van der Waals surface area contributed by atoms with E-state index in [1.807, 2.05) is 37.3 Å². The van der Waals surface area contributed by atoms with Crippen LogP contribution in [0.4, 0.5) is 5.13 Å². The van der Waals surface area contributed by atoms with Gasteiger partial charge >= 0.3 is 11.9 Å². The Kier molecular flexibility index (Phi) is 7.53. The summed E-state index contributed by atoms with van der Waals surface area (Å²) in [5, 5.41) is 20.3. The average molecular weight is 600 g/mol. The summed E-state index contributed by atoms with van der Waals surface area (Å²) in [5.74, 6) is -1.10. The average Bonchev–Trinajstić information content (AvgIpc) is 3.70. The van der Waals surface area contributed by atoms with Crippen LogP contribution in [0.5, 0.6) is 5.75 Å². The molecule has 0 saturated carbocycles. The van der Waals surface area contributed by atoms with E-state index in [1.165, 1.54) is 35.1 Å². The number of esters is 1. The van der Waals surface area contributed by atoms with Crippen LogP contribution in [0, 0.1) is 0 Å². The first-order chi connectivity index (χ1) is 20.3. The smallest absolute Gasteiger partial charge is 0.337 e. The number of methoxy groups -OCH3 is 1. The van der Waals surface area contributed by atoms with Gasteiger partial charge in [0.25, 0.3) is 5.78 Å². The summed E-state index contributed by atoms with van der Waals surface area (Å²) in [7, 11) is 1.29. The molecule has 212 valence electrons. The van der Waals surface area contributed by atoms with Crippen molar-refractivity contribution in [2.24, 2.45) is 0 Å². The third-order valence-electron chi connectivity index (χ3n) is 7.07. The molecule has 0 spiro atoms. The van der Waals surface area contributed by atoms with Gasteiger partial charge in [-0.1, -0.05) is 65.6 Å². The molecule has 1 fully saturated rings. The number of amides is 1. The number of hydrogen-bond donors (Lipinski definition) is 1. The fourth-order valence-corrected chi connectivity index (χ4v) is 6.89. The van der Waals surface area contributed by atoms with Crippen molar-refractivity contribution in [2.75, 3.05) is 12.0 Å². The highest BCUT2D eigenvalue weighted by atomic mass is 32.2. The van der Waals surface area contributed by atoms with Gasteiger partial charge in [-0.25, -0.2) is 4.79 Å².